The van der Waals surface area contributed by atoms with Crippen LogP contribution in [0.4, 0.5) is 5.69 Å². The SMILES string of the molecule is CN1CC2C(CC[C@@]3(C)C2CC[C@@H]3C(=O)Nc2cc(C(C)(C)C)ccc2C(C)(C)C)[C@@]2(C)CCC(=O)C=C12. The summed E-state index contributed by atoms with van der Waals surface area (Å²) in [7, 11) is 2.18. The topological polar surface area (TPSA) is 49.4 Å². The van der Waals surface area contributed by atoms with E-state index in [9.17, 15) is 9.59 Å². The number of piperidine rings is 1. The van der Waals surface area contributed by atoms with Gasteiger partial charge in [0.15, 0.2) is 5.78 Å². The average molecular weight is 519 g/mol. The first-order chi connectivity index (χ1) is 17.6. The van der Waals surface area contributed by atoms with Crippen LogP contribution in [0.5, 0.6) is 0 Å². The van der Waals surface area contributed by atoms with Gasteiger partial charge < -0.3 is 10.2 Å². The molecule has 4 nitrogen and oxygen atoms in total. The Bertz CT molecular complexity index is 1170. The molecule has 1 aromatic carbocycles. The van der Waals surface area contributed by atoms with Gasteiger partial charge in [-0.05, 0) is 83.3 Å². The fourth-order valence-corrected chi connectivity index (χ4v) is 8.99. The number of ketones is 1. The van der Waals surface area contributed by atoms with E-state index in [-0.39, 0.29) is 39.3 Å². The lowest BCUT2D eigenvalue weighted by Crippen LogP contribution is -2.57. The highest BCUT2D eigenvalue weighted by atomic mass is 16.2. The van der Waals surface area contributed by atoms with Crippen LogP contribution in [-0.2, 0) is 20.4 Å². The maximum Gasteiger partial charge on any atom is 0.228 e. The van der Waals surface area contributed by atoms with Crippen molar-refractivity contribution in [1.29, 1.82) is 0 Å². The molecule has 4 aliphatic rings. The molecule has 0 aromatic heterocycles. The van der Waals surface area contributed by atoms with Crippen LogP contribution < -0.4 is 5.32 Å². The van der Waals surface area contributed by atoms with Gasteiger partial charge in [-0.2, -0.15) is 0 Å². The third-order valence-electron chi connectivity index (χ3n) is 11.2. The summed E-state index contributed by atoms with van der Waals surface area (Å²) in [6.07, 6.45) is 7.95. The molecule has 1 amide bonds. The molecule has 2 saturated carbocycles. The van der Waals surface area contributed by atoms with Gasteiger partial charge in [0, 0.05) is 48.8 Å². The van der Waals surface area contributed by atoms with Gasteiger partial charge in [0.1, 0.15) is 0 Å². The standard InChI is InChI=1S/C34H50N2O2/c1-31(2,3)21-10-11-26(32(4,5)6)28(18-21)35-30(38)27-13-12-24-23-20-36(9)29-19-22(37)14-16-34(29,8)25(23)15-17-33(24,27)7/h10-11,18-19,23-25,27H,12-17,20H2,1-9H3,(H,35,38)/t23?,24?,25?,27-,33+,34-/m1/s1. The lowest BCUT2D eigenvalue weighted by Gasteiger charge is -2.60. The van der Waals surface area contributed by atoms with E-state index >= 15 is 0 Å². The Morgan fingerprint density at radius 3 is 2.34 bits per heavy atom. The fraction of sp³-hybridized carbons (Fsp3) is 0.706. The molecular formula is C34H50N2O2. The van der Waals surface area contributed by atoms with Gasteiger partial charge in [-0.15, -0.1) is 0 Å². The molecule has 3 unspecified atom stereocenters. The average Bonchev–Trinajstić information content (AvgIpc) is 3.16. The highest BCUT2D eigenvalue weighted by Crippen LogP contribution is 2.65. The first-order valence-corrected chi connectivity index (χ1v) is 15.0. The number of carbonyl (C=O) groups is 2. The van der Waals surface area contributed by atoms with Crippen molar-refractivity contribution in [2.24, 2.45) is 34.5 Å². The molecule has 208 valence electrons. The molecule has 3 fully saturated rings. The van der Waals surface area contributed by atoms with Gasteiger partial charge in [0.05, 0.1) is 0 Å². The highest BCUT2D eigenvalue weighted by molar-refractivity contribution is 5.94. The van der Waals surface area contributed by atoms with Crippen molar-refractivity contribution >= 4 is 17.4 Å². The number of rotatable bonds is 2. The van der Waals surface area contributed by atoms with Crippen molar-refractivity contribution in [1.82, 2.24) is 4.90 Å². The molecule has 1 saturated heterocycles. The molecule has 0 spiro atoms. The second kappa shape index (κ2) is 8.96. The van der Waals surface area contributed by atoms with Crippen molar-refractivity contribution in [2.75, 3.05) is 18.9 Å². The number of hydrogen-bond donors (Lipinski definition) is 1. The zero-order valence-electron chi connectivity index (χ0n) is 25.3. The quantitative estimate of drug-likeness (QED) is 0.442. The van der Waals surface area contributed by atoms with Gasteiger partial charge >= 0.3 is 0 Å². The van der Waals surface area contributed by atoms with Gasteiger partial charge in [0.25, 0.3) is 0 Å². The summed E-state index contributed by atoms with van der Waals surface area (Å²) in [5.74, 6) is 2.28. The molecule has 6 atom stereocenters. The van der Waals surface area contributed by atoms with Gasteiger partial charge in [-0.25, -0.2) is 0 Å². The number of nitrogens with zero attached hydrogens (tertiary/aromatic N) is 1. The number of anilines is 1. The number of allylic oxidation sites excluding steroid dienone is 2. The zero-order valence-corrected chi connectivity index (χ0v) is 25.3. The summed E-state index contributed by atoms with van der Waals surface area (Å²) < 4.78 is 0. The number of hydrogen-bond acceptors (Lipinski definition) is 3. The Morgan fingerprint density at radius 2 is 1.68 bits per heavy atom. The van der Waals surface area contributed by atoms with Crippen molar-refractivity contribution in [3.63, 3.8) is 0 Å². The van der Waals surface area contributed by atoms with Crippen LogP contribution in [0.15, 0.2) is 30.0 Å². The number of fused-ring (bicyclic) bond motifs is 5. The maximum absolute atomic E-state index is 14.1. The first kappa shape index (κ1) is 27.5. The highest BCUT2D eigenvalue weighted by Gasteiger charge is 2.61. The Kier molecular flexibility index (Phi) is 6.48. The van der Waals surface area contributed by atoms with E-state index in [1.54, 1.807) is 0 Å². The summed E-state index contributed by atoms with van der Waals surface area (Å²) in [6.45, 7) is 19.2. The Balaban J connectivity index is 1.42. The fourth-order valence-electron chi connectivity index (χ4n) is 8.99. The smallest absolute Gasteiger partial charge is 0.228 e. The molecule has 0 bridgehead atoms. The van der Waals surface area contributed by atoms with Crippen molar-refractivity contribution in [2.45, 2.75) is 105 Å². The summed E-state index contributed by atoms with van der Waals surface area (Å²) >= 11 is 0. The van der Waals surface area contributed by atoms with Crippen LogP contribution in [0.3, 0.4) is 0 Å². The monoisotopic (exact) mass is 518 g/mol. The number of benzene rings is 1. The molecule has 1 N–H and O–H groups in total. The lowest BCUT2D eigenvalue weighted by atomic mass is 9.49. The Labute approximate surface area is 231 Å². The summed E-state index contributed by atoms with van der Waals surface area (Å²) in [5.41, 5.74) is 4.80. The lowest BCUT2D eigenvalue weighted by molar-refractivity contribution is -0.129. The van der Waals surface area contributed by atoms with E-state index in [1.165, 1.54) is 16.8 Å². The number of likely N-dealkylation sites (tertiary alicyclic amines) is 1. The van der Waals surface area contributed by atoms with Gasteiger partial charge in [0.2, 0.25) is 5.91 Å². The Morgan fingerprint density at radius 1 is 0.974 bits per heavy atom. The first-order valence-electron chi connectivity index (χ1n) is 15.0. The molecule has 3 aliphatic carbocycles. The van der Waals surface area contributed by atoms with Crippen LogP contribution in [-0.4, -0.2) is 30.2 Å². The molecule has 4 heteroatoms. The Hall–Kier alpha value is -2.10. The molecule has 38 heavy (non-hydrogen) atoms. The summed E-state index contributed by atoms with van der Waals surface area (Å²) in [6, 6.07) is 6.67. The third kappa shape index (κ3) is 4.34. The van der Waals surface area contributed by atoms with E-state index in [4.69, 9.17) is 0 Å². The third-order valence-corrected chi connectivity index (χ3v) is 11.2. The van der Waals surface area contributed by atoms with Crippen molar-refractivity contribution < 1.29 is 9.59 Å². The second-order valence-electron chi connectivity index (χ2n) is 15.6. The summed E-state index contributed by atoms with van der Waals surface area (Å²) in [4.78, 5) is 28.8. The summed E-state index contributed by atoms with van der Waals surface area (Å²) in [5, 5.41) is 3.47. The van der Waals surface area contributed by atoms with E-state index in [1.807, 2.05) is 6.08 Å². The van der Waals surface area contributed by atoms with E-state index in [2.05, 4.69) is 90.9 Å². The van der Waals surface area contributed by atoms with Crippen LogP contribution in [0.25, 0.3) is 0 Å². The predicted octanol–water partition coefficient (Wildman–Crippen LogP) is 7.48. The van der Waals surface area contributed by atoms with E-state index < -0.39 is 0 Å². The molecular weight excluding hydrogens is 468 g/mol. The molecule has 0 radical (unpaired) electrons. The molecule has 1 heterocycles. The minimum Gasteiger partial charge on any atom is -0.377 e. The second-order valence-corrected chi connectivity index (χ2v) is 15.6. The van der Waals surface area contributed by atoms with Gasteiger partial charge in [-0.1, -0.05) is 67.5 Å². The minimum absolute atomic E-state index is 0.0255. The van der Waals surface area contributed by atoms with Crippen LogP contribution in [0.2, 0.25) is 0 Å². The van der Waals surface area contributed by atoms with Crippen LogP contribution >= 0.6 is 0 Å². The largest absolute Gasteiger partial charge is 0.377 e. The minimum atomic E-state index is -0.0477. The van der Waals surface area contributed by atoms with Gasteiger partial charge in [-0.3, -0.25) is 9.59 Å². The van der Waals surface area contributed by atoms with Crippen molar-refractivity contribution in [3.8, 4) is 0 Å². The number of nitrogens with one attached hydrogen (secondary N) is 1. The zero-order chi connectivity index (χ0) is 27.8. The van der Waals surface area contributed by atoms with E-state index in [0.29, 0.717) is 24.2 Å². The molecule has 1 aliphatic heterocycles. The van der Waals surface area contributed by atoms with Crippen LogP contribution in [0.1, 0.15) is 105 Å². The number of amides is 1. The normalized spacial score (nSPS) is 35.2. The molecule has 5 rings (SSSR count). The maximum atomic E-state index is 14.1. The van der Waals surface area contributed by atoms with Crippen LogP contribution in [0, 0.1) is 34.5 Å². The van der Waals surface area contributed by atoms with E-state index in [0.717, 1.165) is 44.3 Å². The molecule has 1 aromatic rings. The predicted molar refractivity (Wildman–Crippen MR) is 156 cm³/mol. The number of carbonyl (C=O) groups excluding carboxylic acids is 2. The van der Waals surface area contributed by atoms with Crippen molar-refractivity contribution in [3.05, 3.63) is 41.1 Å².